The summed E-state index contributed by atoms with van der Waals surface area (Å²) >= 11 is 3.51. The Morgan fingerprint density at radius 3 is 2.07 bits per heavy atom. The van der Waals surface area contributed by atoms with Gasteiger partial charge in [0, 0.05) is 20.9 Å². The molecular weight excluding hydrogens is 394 g/mol. The highest BCUT2D eigenvalue weighted by Gasteiger charge is 2.12. The molecule has 5 rings (SSSR count). The van der Waals surface area contributed by atoms with Crippen LogP contribution in [0.15, 0.2) is 102 Å². The highest BCUT2D eigenvalue weighted by Crippen LogP contribution is 2.32. The third-order valence-corrected chi connectivity index (χ3v) is 5.60. The van der Waals surface area contributed by atoms with Gasteiger partial charge in [-0.25, -0.2) is 0 Å². The Balaban J connectivity index is 1.69. The van der Waals surface area contributed by atoms with E-state index in [9.17, 15) is 0 Å². The molecule has 0 radical (unpaired) electrons. The topological polar surface area (TPSA) is 4.93 Å². The van der Waals surface area contributed by atoms with Crippen LogP contribution in [-0.4, -0.2) is 4.57 Å². The summed E-state index contributed by atoms with van der Waals surface area (Å²) in [7, 11) is 0. The van der Waals surface area contributed by atoms with Crippen molar-refractivity contribution in [2.24, 2.45) is 0 Å². The number of halogens is 1. The van der Waals surface area contributed by atoms with Crippen molar-refractivity contribution in [1.82, 2.24) is 4.57 Å². The van der Waals surface area contributed by atoms with Crippen LogP contribution in [0.5, 0.6) is 0 Å². The van der Waals surface area contributed by atoms with Gasteiger partial charge in [-0.2, -0.15) is 0 Å². The van der Waals surface area contributed by atoms with E-state index in [1.807, 2.05) is 0 Å². The van der Waals surface area contributed by atoms with Gasteiger partial charge in [0.1, 0.15) is 0 Å². The minimum atomic E-state index is 0.939. The Kier molecular flexibility index (Phi) is 4.06. The molecule has 0 bridgehead atoms. The molecule has 0 amide bonds. The third kappa shape index (κ3) is 2.96. The maximum Gasteiger partial charge on any atom is 0.0541 e. The van der Waals surface area contributed by atoms with Crippen LogP contribution >= 0.6 is 15.9 Å². The summed E-state index contributed by atoms with van der Waals surface area (Å²) in [6.45, 7) is 0. The molecule has 0 spiro atoms. The van der Waals surface area contributed by atoms with Crippen LogP contribution in [0, 0.1) is 0 Å². The van der Waals surface area contributed by atoms with E-state index in [1.165, 1.54) is 38.6 Å². The van der Waals surface area contributed by atoms with Gasteiger partial charge in [0.05, 0.1) is 11.0 Å². The fourth-order valence-electron chi connectivity index (χ4n) is 3.82. The van der Waals surface area contributed by atoms with Crippen LogP contribution in [-0.2, 0) is 6.42 Å². The predicted octanol–water partition coefficient (Wildman–Crippen LogP) is 7.14. The van der Waals surface area contributed by atoms with Crippen LogP contribution in [0.3, 0.4) is 0 Å². The van der Waals surface area contributed by atoms with Crippen LogP contribution in [0.25, 0.3) is 27.5 Å². The average Bonchev–Trinajstić information content (AvgIpc) is 3.04. The van der Waals surface area contributed by atoms with Crippen molar-refractivity contribution < 1.29 is 0 Å². The lowest BCUT2D eigenvalue weighted by atomic mass is 10.0. The third-order valence-electron chi connectivity index (χ3n) is 5.07. The van der Waals surface area contributed by atoms with Crippen molar-refractivity contribution in [3.63, 3.8) is 0 Å². The fourth-order valence-corrected chi connectivity index (χ4v) is 4.09. The molecular formula is C25H18BrN. The molecule has 1 nitrogen and oxygen atoms in total. The SMILES string of the molecule is Brc1ccc(Cc2ccc3c(c2)c2ccccc2n3-c2ccccc2)cc1. The molecule has 1 aromatic heterocycles. The van der Waals surface area contributed by atoms with Crippen molar-refractivity contribution in [2.45, 2.75) is 6.42 Å². The molecule has 0 fully saturated rings. The number of benzene rings is 4. The first kappa shape index (κ1) is 16.3. The minimum absolute atomic E-state index is 0.939. The van der Waals surface area contributed by atoms with Gasteiger partial charge in [0.2, 0.25) is 0 Å². The smallest absolute Gasteiger partial charge is 0.0541 e. The quantitative estimate of drug-likeness (QED) is 0.297. The first-order chi connectivity index (χ1) is 13.3. The fraction of sp³-hybridized carbons (Fsp3) is 0.0400. The first-order valence-electron chi connectivity index (χ1n) is 9.11. The van der Waals surface area contributed by atoms with Gasteiger partial charge in [-0.15, -0.1) is 0 Å². The summed E-state index contributed by atoms with van der Waals surface area (Å²) in [5.41, 5.74) is 6.36. The molecule has 130 valence electrons. The Bertz CT molecular complexity index is 1230. The number of hydrogen-bond acceptors (Lipinski definition) is 0. The van der Waals surface area contributed by atoms with E-state index in [2.05, 4.69) is 118 Å². The van der Waals surface area contributed by atoms with Crippen LogP contribution in [0.1, 0.15) is 11.1 Å². The summed E-state index contributed by atoms with van der Waals surface area (Å²) in [5, 5.41) is 2.61. The molecule has 0 aliphatic rings. The zero-order valence-corrected chi connectivity index (χ0v) is 16.4. The number of fused-ring (bicyclic) bond motifs is 3. The molecule has 0 atom stereocenters. The molecule has 1 heterocycles. The maximum atomic E-state index is 3.51. The van der Waals surface area contributed by atoms with Gasteiger partial charge < -0.3 is 4.57 Å². The summed E-state index contributed by atoms with van der Waals surface area (Å²) in [6.07, 6.45) is 0.939. The Morgan fingerprint density at radius 1 is 0.593 bits per heavy atom. The van der Waals surface area contributed by atoms with Gasteiger partial charge in [0.25, 0.3) is 0 Å². The molecule has 0 unspecified atom stereocenters. The van der Waals surface area contributed by atoms with Crippen molar-refractivity contribution in [3.8, 4) is 5.69 Å². The van der Waals surface area contributed by atoms with Gasteiger partial charge in [-0.1, -0.05) is 70.5 Å². The Labute approximate surface area is 167 Å². The van der Waals surface area contributed by atoms with E-state index >= 15 is 0 Å². The van der Waals surface area contributed by atoms with Crippen molar-refractivity contribution in [1.29, 1.82) is 0 Å². The van der Waals surface area contributed by atoms with E-state index in [4.69, 9.17) is 0 Å². The summed E-state index contributed by atoms with van der Waals surface area (Å²) in [6, 6.07) is 34.7. The Morgan fingerprint density at radius 2 is 1.26 bits per heavy atom. The summed E-state index contributed by atoms with van der Waals surface area (Å²) in [4.78, 5) is 0. The van der Waals surface area contributed by atoms with Crippen LogP contribution in [0.2, 0.25) is 0 Å². The first-order valence-corrected chi connectivity index (χ1v) is 9.91. The molecule has 4 aromatic carbocycles. The monoisotopic (exact) mass is 411 g/mol. The standard InChI is InChI=1S/C25H18BrN/c26-20-13-10-18(11-14-20)16-19-12-15-25-23(17-19)22-8-4-5-9-24(22)27(25)21-6-2-1-3-7-21/h1-15,17H,16H2. The largest absolute Gasteiger partial charge is 0.309 e. The normalized spacial score (nSPS) is 11.3. The predicted molar refractivity (Wildman–Crippen MR) is 118 cm³/mol. The summed E-state index contributed by atoms with van der Waals surface area (Å²) in [5.74, 6) is 0. The van der Waals surface area contributed by atoms with Gasteiger partial charge in [0.15, 0.2) is 0 Å². The molecule has 0 saturated carbocycles. The van der Waals surface area contributed by atoms with E-state index in [0.29, 0.717) is 0 Å². The minimum Gasteiger partial charge on any atom is -0.309 e. The zero-order chi connectivity index (χ0) is 18.2. The maximum absolute atomic E-state index is 3.51. The van der Waals surface area contributed by atoms with Gasteiger partial charge >= 0.3 is 0 Å². The second kappa shape index (κ2) is 6.71. The zero-order valence-electron chi connectivity index (χ0n) is 14.8. The molecule has 2 heteroatoms. The number of hydrogen-bond donors (Lipinski definition) is 0. The molecule has 0 N–H and O–H groups in total. The summed E-state index contributed by atoms with van der Waals surface area (Å²) < 4.78 is 3.47. The lowest BCUT2D eigenvalue weighted by molar-refractivity contribution is 1.17. The van der Waals surface area contributed by atoms with Gasteiger partial charge in [-0.05, 0) is 60.0 Å². The lowest BCUT2D eigenvalue weighted by Crippen LogP contribution is -1.93. The number of rotatable bonds is 3. The van der Waals surface area contributed by atoms with Crippen molar-refractivity contribution >= 4 is 37.7 Å². The second-order valence-corrected chi connectivity index (χ2v) is 7.76. The van der Waals surface area contributed by atoms with Crippen molar-refractivity contribution in [2.75, 3.05) is 0 Å². The molecule has 0 aliphatic heterocycles. The van der Waals surface area contributed by atoms with E-state index in [1.54, 1.807) is 0 Å². The van der Waals surface area contributed by atoms with Crippen LogP contribution < -0.4 is 0 Å². The number of nitrogens with zero attached hydrogens (tertiary/aromatic N) is 1. The van der Waals surface area contributed by atoms with Crippen LogP contribution in [0.4, 0.5) is 0 Å². The van der Waals surface area contributed by atoms with E-state index < -0.39 is 0 Å². The lowest BCUT2D eigenvalue weighted by Gasteiger charge is -2.08. The van der Waals surface area contributed by atoms with Crippen molar-refractivity contribution in [3.05, 3.63) is 113 Å². The van der Waals surface area contributed by atoms with E-state index in [0.717, 1.165) is 10.9 Å². The highest BCUT2D eigenvalue weighted by molar-refractivity contribution is 9.10. The highest BCUT2D eigenvalue weighted by atomic mass is 79.9. The van der Waals surface area contributed by atoms with Gasteiger partial charge in [-0.3, -0.25) is 0 Å². The molecule has 27 heavy (non-hydrogen) atoms. The van der Waals surface area contributed by atoms with E-state index in [-0.39, 0.29) is 0 Å². The molecule has 5 aromatic rings. The second-order valence-electron chi connectivity index (χ2n) is 6.84. The molecule has 0 saturated heterocycles. The average molecular weight is 412 g/mol. The Hall–Kier alpha value is -2.84. The number of para-hydroxylation sites is 2. The molecule has 0 aliphatic carbocycles. The number of aromatic nitrogens is 1.